The van der Waals surface area contributed by atoms with Crippen LogP contribution in [0.15, 0.2) is 35.6 Å². The number of nitrogens with one attached hydrogen (secondary N) is 2. The summed E-state index contributed by atoms with van der Waals surface area (Å²) in [4.78, 5) is 6.46. The smallest absolute Gasteiger partial charge is 0.0799 e. The minimum absolute atomic E-state index is 0.440. The summed E-state index contributed by atoms with van der Waals surface area (Å²) < 4.78 is 0. The molecule has 18 atom stereocenters. The second-order valence-corrected chi connectivity index (χ2v) is 23.2. The van der Waals surface area contributed by atoms with Crippen LogP contribution in [-0.4, -0.2) is 58.3 Å². The van der Waals surface area contributed by atoms with Crippen molar-refractivity contribution in [2.45, 2.75) is 229 Å². The Kier molecular flexibility index (Phi) is 10.3. The van der Waals surface area contributed by atoms with Crippen molar-refractivity contribution in [2.24, 2.45) is 65.1 Å². The van der Waals surface area contributed by atoms with E-state index in [4.69, 9.17) is 0 Å². The summed E-state index contributed by atoms with van der Waals surface area (Å²) in [5, 5.41) is 8.63. The zero-order valence-corrected chi connectivity index (χ0v) is 36.3. The fourth-order valence-corrected chi connectivity index (χ4v) is 18.9. The third kappa shape index (κ3) is 6.40. The Morgan fingerprint density at radius 3 is 2.28 bits per heavy atom. The Balaban J connectivity index is 0.770. The van der Waals surface area contributed by atoms with E-state index in [0.29, 0.717) is 12.2 Å². The van der Waals surface area contributed by atoms with Crippen LogP contribution in [0.25, 0.3) is 0 Å². The Bertz CT molecular complexity index is 1540. The molecule has 314 valence electrons. The fourth-order valence-electron chi connectivity index (χ4n) is 18.9. The first-order chi connectivity index (χ1) is 28.2. The van der Waals surface area contributed by atoms with Crippen molar-refractivity contribution < 1.29 is 0 Å². The Hall–Kier alpha value is -1.10. The highest BCUT2D eigenvalue weighted by Crippen LogP contribution is 2.60. The lowest BCUT2D eigenvalue weighted by Crippen LogP contribution is -2.64. The van der Waals surface area contributed by atoms with Gasteiger partial charge in [-0.15, -0.1) is 0 Å². The van der Waals surface area contributed by atoms with Crippen molar-refractivity contribution in [2.75, 3.05) is 0 Å². The SMILES string of the molecule is CC1C(C2CC=C3C(C2)C2CCCCC2N3C2CCCC3C=CCCC32)CCC2C1C1CCCCC1N2C1C=C(C2NC3CCCC3C(C3CCCCC3)N2)CC1. The van der Waals surface area contributed by atoms with Gasteiger partial charge in [0, 0.05) is 53.9 Å². The van der Waals surface area contributed by atoms with Crippen LogP contribution < -0.4 is 10.6 Å². The van der Waals surface area contributed by atoms with Gasteiger partial charge in [0.05, 0.1) is 6.17 Å². The van der Waals surface area contributed by atoms with E-state index in [9.17, 15) is 0 Å². The van der Waals surface area contributed by atoms with E-state index in [1.807, 2.05) is 5.70 Å². The predicted molar refractivity (Wildman–Crippen MR) is 234 cm³/mol. The number of hydrogen-bond donors (Lipinski definition) is 2. The van der Waals surface area contributed by atoms with Crippen LogP contribution in [0.1, 0.15) is 180 Å². The van der Waals surface area contributed by atoms with Gasteiger partial charge in [-0.05, 0) is 180 Å². The van der Waals surface area contributed by atoms with Crippen molar-refractivity contribution in [3.63, 3.8) is 0 Å². The van der Waals surface area contributed by atoms with E-state index in [-0.39, 0.29) is 0 Å². The molecule has 0 aromatic carbocycles. The van der Waals surface area contributed by atoms with Gasteiger partial charge in [-0.3, -0.25) is 15.5 Å². The third-order valence-corrected chi connectivity index (χ3v) is 21.0. The van der Waals surface area contributed by atoms with Gasteiger partial charge in [0.1, 0.15) is 0 Å². The zero-order valence-electron chi connectivity index (χ0n) is 36.3. The molecule has 18 unspecified atom stereocenters. The van der Waals surface area contributed by atoms with E-state index in [1.54, 1.807) is 5.57 Å². The normalized spacial score (nSPS) is 51.3. The molecule has 2 N–H and O–H groups in total. The maximum absolute atomic E-state index is 4.37. The third-order valence-electron chi connectivity index (χ3n) is 21.0. The van der Waals surface area contributed by atoms with Gasteiger partial charge in [0.25, 0.3) is 0 Å². The van der Waals surface area contributed by atoms with Gasteiger partial charge in [-0.25, -0.2) is 0 Å². The van der Waals surface area contributed by atoms with Crippen LogP contribution in [0.2, 0.25) is 0 Å². The van der Waals surface area contributed by atoms with Crippen molar-refractivity contribution in [1.82, 2.24) is 20.4 Å². The summed E-state index contributed by atoms with van der Waals surface area (Å²) in [5.41, 5.74) is 3.65. The van der Waals surface area contributed by atoms with Crippen LogP contribution in [0.4, 0.5) is 0 Å². The number of allylic oxidation sites excluding steroid dienone is 4. The summed E-state index contributed by atoms with van der Waals surface area (Å²) in [6.07, 6.45) is 50.9. The van der Waals surface area contributed by atoms with Crippen LogP contribution in [0.5, 0.6) is 0 Å². The molecule has 0 aromatic rings. The fraction of sp³-hybridized carbons (Fsp3) is 0.887. The molecule has 3 heterocycles. The van der Waals surface area contributed by atoms with E-state index < -0.39 is 0 Å². The van der Waals surface area contributed by atoms with Gasteiger partial charge in [-0.1, -0.05) is 89.0 Å². The second-order valence-electron chi connectivity index (χ2n) is 23.2. The van der Waals surface area contributed by atoms with E-state index in [0.717, 1.165) is 101 Å². The molecule has 9 aliphatic carbocycles. The molecule has 4 nitrogen and oxygen atoms in total. The molecule has 0 aromatic heterocycles. The molecule has 0 bridgehead atoms. The molecule has 57 heavy (non-hydrogen) atoms. The Morgan fingerprint density at radius 2 is 1.37 bits per heavy atom. The van der Waals surface area contributed by atoms with Gasteiger partial charge in [-0.2, -0.15) is 0 Å². The average Bonchev–Trinajstić information content (AvgIpc) is 4.07. The van der Waals surface area contributed by atoms with Crippen molar-refractivity contribution in [3.8, 4) is 0 Å². The molecule has 0 spiro atoms. The lowest BCUT2D eigenvalue weighted by Gasteiger charge is -2.49. The minimum atomic E-state index is 0.440. The van der Waals surface area contributed by atoms with Gasteiger partial charge < -0.3 is 4.90 Å². The monoisotopic (exact) mass is 775 g/mol. The van der Waals surface area contributed by atoms with Crippen LogP contribution in [-0.2, 0) is 0 Å². The first-order valence-electron chi connectivity index (χ1n) is 26.3. The van der Waals surface area contributed by atoms with Gasteiger partial charge in [0.15, 0.2) is 0 Å². The van der Waals surface area contributed by atoms with E-state index in [2.05, 4.69) is 51.7 Å². The zero-order chi connectivity index (χ0) is 37.6. The molecular weight excluding hydrogens is 693 g/mol. The second kappa shape index (κ2) is 15.7. The molecule has 3 aliphatic heterocycles. The number of likely N-dealkylation sites (tertiary alicyclic amines) is 2. The molecule has 9 fully saturated rings. The van der Waals surface area contributed by atoms with Crippen molar-refractivity contribution in [1.29, 1.82) is 0 Å². The quantitative estimate of drug-likeness (QED) is 0.272. The number of nitrogens with zero attached hydrogens (tertiary/aromatic N) is 2. The molecule has 12 rings (SSSR count). The summed E-state index contributed by atoms with van der Waals surface area (Å²) in [7, 11) is 0. The maximum atomic E-state index is 4.37. The number of fused-ring (bicyclic) bond motifs is 8. The summed E-state index contributed by atoms with van der Waals surface area (Å²) in [5.74, 6) is 10.1. The Morgan fingerprint density at radius 1 is 0.596 bits per heavy atom. The van der Waals surface area contributed by atoms with Gasteiger partial charge >= 0.3 is 0 Å². The lowest BCUT2D eigenvalue weighted by atomic mass is 9.59. The highest BCUT2D eigenvalue weighted by molar-refractivity contribution is 5.26. The highest BCUT2D eigenvalue weighted by atomic mass is 15.3. The number of hydrogen-bond acceptors (Lipinski definition) is 4. The first kappa shape index (κ1) is 37.6. The molecule has 0 radical (unpaired) electrons. The van der Waals surface area contributed by atoms with Crippen LogP contribution >= 0.6 is 0 Å². The van der Waals surface area contributed by atoms with Crippen LogP contribution in [0, 0.1) is 65.1 Å². The largest absolute Gasteiger partial charge is 0.368 e. The maximum Gasteiger partial charge on any atom is 0.0799 e. The van der Waals surface area contributed by atoms with E-state index in [1.165, 1.54) is 173 Å². The van der Waals surface area contributed by atoms with Gasteiger partial charge in [0.2, 0.25) is 0 Å². The summed E-state index contributed by atoms with van der Waals surface area (Å²) in [6, 6.07) is 5.61. The van der Waals surface area contributed by atoms with Crippen LogP contribution in [0.3, 0.4) is 0 Å². The molecule has 6 saturated carbocycles. The molecule has 3 saturated heterocycles. The molecule has 12 aliphatic rings. The summed E-state index contributed by atoms with van der Waals surface area (Å²) in [6.45, 7) is 2.81. The Labute approximate surface area is 348 Å². The summed E-state index contributed by atoms with van der Waals surface area (Å²) >= 11 is 0. The average molecular weight is 775 g/mol. The number of rotatable bonds is 5. The molecule has 4 heteroatoms. The van der Waals surface area contributed by atoms with Crippen molar-refractivity contribution in [3.05, 3.63) is 35.6 Å². The molecule has 0 amide bonds. The highest BCUT2D eigenvalue weighted by Gasteiger charge is 2.58. The minimum Gasteiger partial charge on any atom is -0.368 e. The predicted octanol–water partition coefficient (Wildman–Crippen LogP) is 11.5. The first-order valence-corrected chi connectivity index (χ1v) is 26.3. The standard InChI is InChI=1S/C53H82N4/c1-33-39(36-26-29-49-44(32-36)41-18-7-9-22-47(41)57(49)46-24-11-16-34-13-5-6-17-40(34)46)28-30-50-51(33)43-19-8-10-23-48(43)56(50)38-27-25-37(31-38)53-54-45-21-12-20-42(45)52(55-53)35-14-3-2-4-15-35/h5,13,29,31,33-36,38-48,50-55H,2-4,6-12,14-28,30,32H2,1H3. The lowest BCUT2D eigenvalue weighted by molar-refractivity contribution is 0.0369. The van der Waals surface area contributed by atoms with Crippen molar-refractivity contribution >= 4 is 0 Å². The van der Waals surface area contributed by atoms with E-state index >= 15 is 0 Å². The topological polar surface area (TPSA) is 30.5 Å². The molecular formula is C53H82N4.